The molecule has 0 bridgehead atoms. The number of ether oxygens (including phenoxy) is 5. The van der Waals surface area contributed by atoms with Gasteiger partial charge in [-0.05, 0) is 96.9 Å². The van der Waals surface area contributed by atoms with E-state index in [0.29, 0.717) is 12.5 Å². The molecule has 7 aromatic rings. The third-order valence-corrected chi connectivity index (χ3v) is 13.7. The fourth-order valence-corrected chi connectivity index (χ4v) is 9.75. The number of nitrogens with zero attached hydrogens (tertiary/aromatic N) is 2. The fraction of sp³-hybridized carbons (Fsp3) is 0.344. The summed E-state index contributed by atoms with van der Waals surface area (Å²) in [6.45, 7) is 8.01. The molecule has 2 aliphatic rings. The lowest BCUT2D eigenvalue weighted by Crippen LogP contribution is -2.39. The number of hydrogen-bond donors (Lipinski definition) is 0. The van der Waals surface area contributed by atoms with E-state index in [1.807, 2.05) is 78.2 Å². The number of aryl methyl sites for hydroxylation is 1. The number of pyridine rings is 1. The van der Waals surface area contributed by atoms with Crippen molar-refractivity contribution in [1.29, 1.82) is 0 Å². The van der Waals surface area contributed by atoms with Crippen LogP contribution < -0.4 is 18.9 Å². The molecule has 0 radical (unpaired) electrons. The summed E-state index contributed by atoms with van der Waals surface area (Å²) in [6.07, 6.45) is 22.1. The zero-order chi connectivity index (χ0) is 47.7. The van der Waals surface area contributed by atoms with Crippen LogP contribution in [0.3, 0.4) is 0 Å². The molecule has 358 valence electrons. The van der Waals surface area contributed by atoms with E-state index >= 15 is 0 Å². The Morgan fingerprint density at radius 3 is 2.06 bits per heavy atom. The van der Waals surface area contributed by atoms with Crippen molar-refractivity contribution in [2.24, 2.45) is 4.99 Å². The maximum atomic E-state index is 6.98. The molecule has 0 saturated heterocycles. The maximum absolute atomic E-state index is 6.98. The summed E-state index contributed by atoms with van der Waals surface area (Å²) in [4.78, 5) is 10.6. The van der Waals surface area contributed by atoms with Crippen molar-refractivity contribution in [2.75, 3.05) is 20.3 Å². The van der Waals surface area contributed by atoms with Crippen molar-refractivity contribution in [2.45, 2.75) is 116 Å². The van der Waals surface area contributed by atoms with Gasteiger partial charge in [0.1, 0.15) is 17.2 Å². The molecule has 0 fully saturated rings. The van der Waals surface area contributed by atoms with Crippen LogP contribution in [0.2, 0.25) is 0 Å². The van der Waals surface area contributed by atoms with E-state index in [1.54, 1.807) is 18.4 Å². The highest BCUT2D eigenvalue weighted by Crippen LogP contribution is 2.57. The molecule has 1 atom stereocenters. The second-order valence-electron chi connectivity index (χ2n) is 18.1. The first kappa shape index (κ1) is 49.1. The van der Waals surface area contributed by atoms with Crippen LogP contribution in [0.15, 0.2) is 138 Å². The van der Waals surface area contributed by atoms with E-state index in [9.17, 15) is 0 Å². The average Bonchev–Trinajstić information content (AvgIpc) is 3.93. The summed E-state index contributed by atoms with van der Waals surface area (Å²) in [7, 11) is 1.70. The van der Waals surface area contributed by atoms with Gasteiger partial charge in [-0.2, -0.15) is 0 Å². The molecule has 1 unspecified atom stereocenters. The highest BCUT2D eigenvalue weighted by Gasteiger charge is 2.50. The number of aromatic nitrogens is 1. The maximum Gasteiger partial charge on any atom is 0.233 e. The minimum Gasteiger partial charge on any atom is -0.493 e. The largest absolute Gasteiger partial charge is 0.493 e. The third-order valence-electron chi connectivity index (χ3n) is 12.8. The first-order valence-electron chi connectivity index (χ1n) is 25.3. The van der Waals surface area contributed by atoms with Crippen LogP contribution in [0.4, 0.5) is 5.69 Å². The Morgan fingerprint density at radius 1 is 0.594 bits per heavy atom. The summed E-state index contributed by atoms with van der Waals surface area (Å²) in [5, 5.41) is 3.20. The van der Waals surface area contributed by atoms with E-state index in [0.717, 1.165) is 103 Å². The molecule has 8 heteroatoms. The summed E-state index contributed by atoms with van der Waals surface area (Å²) in [6, 6.07) is 43.2. The van der Waals surface area contributed by atoms with Crippen molar-refractivity contribution in [3.63, 3.8) is 0 Å². The Morgan fingerprint density at radius 2 is 1.29 bits per heavy atom. The van der Waals surface area contributed by atoms with Crippen molar-refractivity contribution >= 4 is 46.0 Å². The predicted molar refractivity (Wildman–Crippen MR) is 286 cm³/mol. The lowest BCUT2D eigenvalue weighted by Gasteiger charge is -2.43. The van der Waals surface area contributed by atoms with E-state index in [4.69, 9.17) is 33.7 Å². The van der Waals surface area contributed by atoms with Crippen molar-refractivity contribution in [3.05, 3.63) is 171 Å². The number of fused-ring (bicyclic) bond motifs is 7. The number of methoxy groups -OCH3 is 1. The standard InChI is InChI=1S/C31H29NO3S.C30H39NO2/c1-3-4-5-8-17-33-22-14-16-25-28(20-22)34-27-19-21(2)13-15-24(27)31(25)23-10-6-7-11-26(23)32-30(35-31)29-12-9-18-36-29;1-3-4-5-6-7-8-9-10-11-14-23-33-29-22-18-25(24-30(29)32-2)17-20-27-21-19-26-15-12-13-16-28(26)31-27/h6-7,9-16,18-20H,3-5,8,17H2,1-2H3;12-13,15-22,24H,3-11,14,23H2,1-2H3. The quantitative estimate of drug-likeness (QED) is 0.0631. The topological polar surface area (TPSA) is 71.4 Å². The minimum absolute atomic E-state index is 0.624. The fourth-order valence-electron chi connectivity index (χ4n) is 9.10. The highest BCUT2D eigenvalue weighted by molar-refractivity contribution is 7.12. The van der Waals surface area contributed by atoms with Crippen LogP contribution in [-0.2, 0) is 10.3 Å². The van der Waals surface area contributed by atoms with Crippen LogP contribution in [0.1, 0.15) is 142 Å². The van der Waals surface area contributed by atoms with Gasteiger partial charge in [-0.3, -0.25) is 0 Å². The molecule has 0 N–H and O–H groups in total. The van der Waals surface area contributed by atoms with Gasteiger partial charge in [-0.15, -0.1) is 11.3 Å². The van der Waals surface area contributed by atoms with Crippen LogP contribution in [0, 0.1) is 6.92 Å². The molecule has 4 heterocycles. The number of rotatable bonds is 22. The number of benzene rings is 5. The van der Waals surface area contributed by atoms with Gasteiger partial charge in [-0.25, -0.2) is 9.98 Å². The SMILES string of the molecule is CCCCCCCCCCCCOc1ccc(C=Cc2ccc3ccccc3n2)cc1OC.CCCCCCOc1ccc2c(c1)Oc1cc(C)ccc1C21OC(c2cccs2)=Nc2ccccc21. The summed E-state index contributed by atoms with van der Waals surface area (Å²) >= 11 is 1.63. The molecule has 9 rings (SSSR count). The number of unbranched alkanes of at least 4 members (excludes halogenated alkanes) is 12. The molecular formula is C61H68N2O5S. The Balaban J connectivity index is 0.000000187. The van der Waals surface area contributed by atoms with Crippen LogP contribution in [0.5, 0.6) is 28.7 Å². The molecule has 7 nitrogen and oxygen atoms in total. The van der Waals surface area contributed by atoms with Crippen LogP contribution in [0.25, 0.3) is 23.1 Å². The predicted octanol–water partition coefficient (Wildman–Crippen LogP) is 17.2. The second kappa shape index (κ2) is 24.8. The molecule has 5 aromatic carbocycles. The number of hydrogen-bond acceptors (Lipinski definition) is 8. The Labute approximate surface area is 414 Å². The third kappa shape index (κ3) is 12.5. The van der Waals surface area contributed by atoms with Gasteiger partial charge in [0.2, 0.25) is 5.90 Å². The zero-order valence-corrected chi connectivity index (χ0v) is 41.8. The lowest BCUT2D eigenvalue weighted by molar-refractivity contribution is 0.124. The number of thiophene rings is 1. The molecule has 1 spiro atoms. The lowest BCUT2D eigenvalue weighted by atomic mass is 9.76. The molecule has 0 saturated carbocycles. The molecule has 0 amide bonds. The van der Waals surface area contributed by atoms with Gasteiger partial charge in [0.05, 0.1) is 42.1 Å². The van der Waals surface area contributed by atoms with Gasteiger partial charge in [-0.1, -0.05) is 164 Å². The first-order chi connectivity index (χ1) is 34.0. The Hall–Kier alpha value is -6.38. The Kier molecular flexibility index (Phi) is 17.6. The Bertz CT molecular complexity index is 2800. The number of aliphatic imine (C=N–C) groups is 1. The van der Waals surface area contributed by atoms with E-state index in [2.05, 4.69) is 87.5 Å². The molecule has 69 heavy (non-hydrogen) atoms. The summed E-state index contributed by atoms with van der Waals surface area (Å²) in [5.74, 6) is 4.57. The van der Waals surface area contributed by atoms with Gasteiger partial charge in [0.25, 0.3) is 0 Å². The smallest absolute Gasteiger partial charge is 0.233 e. The van der Waals surface area contributed by atoms with E-state index in [-0.39, 0.29) is 0 Å². The monoisotopic (exact) mass is 940 g/mol. The minimum atomic E-state index is -0.881. The van der Waals surface area contributed by atoms with Gasteiger partial charge in [0.15, 0.2) is 17.1 Å². The van der Waals surface area contributed by atoms with E-state index in [1.165, 1.54) is 77.0 Å². The molecule has 0 aliphatic carbocycles. The van der Waals surface area contributed by atoms with Crippen LogP contribution in [-0.4, -0.2) is 31.2 Å². The summed E-state index contributed by atoms with van der Waals surface area (Å²) < 4.78 is 31.2. The molecule has 2 aliphatic heterocycles. The van der Waals surface area contributed by atoms with Gasteiger partial charge >= 0.3 is 0 Å². The van der Waals surface area contributed by atoms with Crippen molar-refractivity contribution in [1.82, 2.24) is 4.98 Å². The zero-order valence-electron chi connectivity index (χ0n) is 41.0. The van der Waals surface area contributed by atoms with Crippen LogP contribution >= 0.6 is 11.3 Å². The first-order valence-corrected chi connectivity index (χ1v) is 26.2. The van der Waals surface area contributed by atoms with Crippen molar-refractivity contribution < 1.29 is 23.7 Å². The molecular weight excluding hydrogens is 873 g/mol. The average molecular weight is 941 g/mol. The highest BCUT2D eigenvalue weighted by atomic mass is 32.1. The summed E-state index contributed by atoms with van der Waals surface area (Å²) in [5.41, 5.74) is 7.10. The molecule has 2 aromatic heterocycles. The second-order valence-corrected chi connectivity index (χ2v) is 19.0. The van der Waals surface area contributed by atoms with Gasteiger partial charge in [0, 0.05) is 28.1 Å². The van der Waals surface area contributed by atoms with E-state index < -0.39 is 5.60 Å². The number of para-hydroxylation sites is 2. The van der Waals surface area contributed by atoms with Gasteiger partial charge < -0.3 is 23.7 Å². The van der Waals surface area contributed by atoms with Crippen molar-refractivity contribution in [3.8, 4) is 28.7 Å². The normalized spacial score (nSPS) is 14.5.